The van der Waals surface area contributed by atoms with Gasteiger partial charge < -0.3 is 4.74 Å². The van der Waals surface area contributed by atoms with Crippen LogP contribution < -0.4 is 4.74 Å². The SMILES string of the molecule is COc1cccc(CS(=O)Cc2cccc(S(=O)(=O)N(C)C)c2)c1. The molecule has 0 aliphatic carbocycles. The third kappa shape index (κ3) is 4.66. The Labute approximate surface area is 145 Å². The van der Waals surface area contributed by atoms with Crippen molar-refractivity contribution in [3.8, 4) is 5.75 Å². The van der Waals surface area contributed by atoms with Gasteiger partial charge in [0.2, 0.25) is 10.0 Å². The fourth-order valence-corrected chi connectivity index (χ4v) is 4.37. The average Bonchev–Trinajstić information content (AvgIpc) is 2.55. The van der Waals surface area contributed by atoms with E-state index in [1.54, 1.807) is 31.4 Å². The molecule has 5 nitrogen and oxygen atoms in total. The van der Waals surface area contributed by atoms with Gasteiger partial charge in [0.05, 0.1) is 12.0 Å². The van der Waals surface area contributed by atoms with Crippen molar-refractivity contribution in [2.24, 2.45) is 0 Å². The minimum atomic E-state index is -3.49. The van der Waals surface area contributed by atoms with Gasteiger partial charge >= 0.3 is 0 Å². The first-order chi connectivity index (χ1) is 11.3. The van der Waals surface area contributed by atoms with Crippen molar-refractivity contribution in [3.63, 3.8) is 0 Å². The second-order valence-corrected chi connectivity index (χ2v) is 9.12. The van der Waals surface area contributed by atoms with E-state index in [9.17, 15) is 12.6 Å². The predicted molar refractivity (Wildman–Crippen MR) is 95.9 cm³/mol. The van der Waals surface area contributed by atoms with Crippen molar-refractivity contribution in [2.75, 3.05) is 21.2 Å². The highest BCUT2D eigenvalue weighted by Gasteiger charge is 2.17. The van der Waals surface area contributed by atoms with Crippen molar-refractivity contribution in [3.05, 3.63) is 59.7 Å². The van der Waals surface area contributed by atoms with Gasteiger partial charge in [-0.25, -0.2) is 12.7 Å². The van der Waals surface area contributed by atoms with Gasteiger partial charge in [-0.3, -0.25) is 4.21 Å². The number of ether oxygens (including phenoxy) is 1. The number of rotatable bonds is 7. The van der Waals surface area contributed by atoms with E-state index in [4.69, 9.17) is 4.74 Å². The normalized spacial score (nSPS) is 13.0. The molecule has 130 valence electrons. The molecule has 24 heavy (non-hydrogen) atoms. The highest BCUT2D eigenvalue weighted by Crippen LogP contribution is 2.18. The van der Waals surface area contributed by atoms with E-state index in [2.05, 4.69) is 0 Å². The molecule has 0 saturated heterocycles. The highest BCUT2D eigenvalue weighted by molar-refractivity contribution is 7.89. The Morgan fingerprint density at radius 1 is 1.00 bits per heavy atom. The van der Waals surface area contributed by atoms with Crippen LogP contribution in [0.1, 0.15) is 11.1 Å². The van der Waals surface area contributed by atoms with Crippen LogP contribution >= 0.6 is 0 Å². The molecule has 1 atom stereocenters. The van der Waals surface area contributed by atoms with Gasteiger partial charge in [-0.05, 0) is 35.4 Å². The van der Waals surface area contributed by atoms with Crippen LogP contribution in [0, 0.1) is 0 Å². The van der Waals surface area contributed by atoms with Crippen LogP contribution in [0.25, 0.3) is 0 Å². The molecule has 0 heterocycles. The lowest BCUT2D eigenvalue weighted by atomic mass is 10.2. The lowest BCUT2D eigenvalue weighted by Crippen LogP contribution is -2.22. The van der Waals surface area contributed by atoms with E-state index in [0.29, 0.717) is 11.5 Å². The van der Waals surface area contributed by atoms with Crippen LogP contribution in [0.3, 0.4) is 0 Å². The number of benzene rings is 2. The van der Waals surface area contributed by atoms with Crippen LogP contribution in [0.5, 0.6) is 5.75 Å². The van der Waals surface area contributed by atoms with E-state index >= 15 is 0 Å². The Bertz CT molecular complexity index is 832. The summed E-state index contributed by atoms with van der Waals surface area (Å²) in [5, 5.41) is 0. The summed E-state index contributed by atoms with van der Waals surface area (Å²) in [5.74, 6) is 1.42. The number of methoxy groups -OCH3 is 1. The Morgan fingerprint density at radius 2 is 1.58 bits per heavy atom. The molecule has 2 rings (SSSR count). The van der Waals surface area contributed by atoms with Crippen LogP contribution in [-0.2, 0) is 32.3 Å². The van der Waals surface area contributed by atoms with Crippen LogP contribution in [-0.4, -0.2) is 38.1 Å². The molecule has 0 aromatic heterocycles. The fraction of sp³-hybridized carbons (Fsp3) is 0.294. The van der Waals surface area contributed by atoms with Gasteiger partial charge in [0, 0.05) is 36.4 Å². The Kier molecular flexibility index (Phi) is 6.15. The van der Waals surface area contributed by atoms with Gasteiger partial charge in [0.15, 0.2) is 0 Å². The first-order valence-electron chi connectivity index (χ1n) is 7.32. The number of sulfonamides is 1. The standard InChI is InChI=1S/C17H21NO4S2/c1-18(2)24(20,21)17-9-5-7-15(11-17)13-23(19)12-14-6-4-8-16(10-14)22-3/h4-11H,12-13H2,1-3H3. The van der Waals surface area contributed by atoms with Crippen molar-refractivity contribution in [2.45, 2.75) is 16.4 Å². The lowest BCUT2D eigenvalue weighted by molar-refractivity contribution is 0.414. The maximum Gasteiger partial charge on any atom is 0.242 e. The molecule has 0 radical (unpaired) electrons. The van der Waals surface area contributed by atoms with Crippen molar-refractivity contribution < 1.29 is 17.4 Å². The van der Waals surface area contributed by atoms with Crippen molar-refractivity contribution >= 4 is 20.8 Å². The smallest absolute Gasteiger partial charge is 0.242 e. The molecule has 2 aromatic carbocycles. The fourth-order valence-electron chi connectivity index (χ4n) is 2.19. The molecular formula is C17H21NO4S2. The minimum Gasteiger partial charge on any atom is -0.497 e. The Hall–Kier alpha value is -1.70. The molecule has 0 bridgehead atoms. The summed E-state index contributed by atoms with van der Waals surface area (Å²) in [6.45, 7) is 0. The predicted octanol–water partition coefficient (Wildman–Crippen LogP) is 2.39. The summed E-state index contributed by atoms with van der Waals surface area (Å²) in [6, 6.07) is 14.0. The van der Waals surface area contributed by atoms with Gasteiger partial charge in [-0.1, -0.05) is 24.3 Å². The van der Waals surface area contributed by atoms with E-state index < -0.39 is 20.8 Å². The van der Waals surface area contributed by atoms with E-state index in [-0.39, 0.29) is 4.90 Å². The quantitative estimate of drug-likeness (QED) is 0.754. The van der Waals surface area contributed by atoms with Crippen molar-refractivity contribution in [1.82, 2.24) is 4.31 Å². The zero-order valence-corrected chi connectivity index (χ0v) is 15.6. The molecule has 0 aliphatic heterocycles. The zero-order chi connectivity index (χ0) is 17.7. The van der Waals surface area contributed by atoms with E-state index in [1.807, 2.05) is 24.3 Å². The summed E-state index contributed by atoms with van der Waals surface area (Å²) in [6.07, 6.45) is 0. The minimum absolute atomic E-state index is 0.211. The summed E-state index contributed by atoms with van der Waals surface area (Å²) in [7, 11) is -0.0591. The Morgan fingerprint density at radius 3 is 2.17 bits per heavy atom. The highest BCUT2D eigenvalue weighted by atomic mass is 32.2. The third-order valence-electron chi connectivity index (χ3n) is 3.47. The van der Waals surface area contributed by atoms with E-state index in [0.717, 1.165) is 16.9 Å². The van der Waals surface area contributed by atoms with Gasteiger partial charge in [-0.15, -0.1) is 0 Å². The lowest BCUT2D eigenvalue weighted by Gasteiger charge is -2.12. The van der Waals surface area contributed by atoms with E-state index in [1.165, 1.54) is 18.4 Å². The monoisotopic (exact) mass is 367 g/mol. The maximum absolute atomic E-state index is 12.4. The molecule has 0 spiro atoms. The van der Waals surface area contributed by atoms with Crippen molar-refractivity contribution in [1.29, 1.82) is 0 Å². The summed E-state index contributed by atoms with van der Waals surface area (Å²) in [4.78, 5) is 0.211. The third-order valence-corrected chi connectivity index (χ3v) is 6.59. The first-order valence-corrected chi connectivity index (χ1v) is 10.2. The molecule has 7 heteroatoms. The number of hydrogen-bond acceptors (Lipinski definition) is 4. The second-order valence-electron chi connectivity index (χ2n) is 5.51. The molecule has 0 amide bonds. The molecule has 0 aliphatic rings. The van der Waals surface area contributed by atoms with Gasteiger partial charge in [-0.2, -0.15) is 0 Å². The van der Waals surface area contributed by atoms with Crippen LogP contribution in [0.4, 0.5) is 0 Å². The topological polar surface area (TPSA) is 63.7 Å². The number of nitrogens with zero attached hydrogens (tertiary/aromatic N) is 1. The largest absolute Gasteiger partial charge is 0.497 e. The average molecular weight is 367 g/mol. The molecule has 1 unspecified atom stereocenters. The van der Waals surface area contributed by atoms with Crippen LogP contribution in [0.2, 0.25) is 0 Å². The van der Waals surface area contributed by atoms with Crippen LogP contribution in [0.15, 0.2) is 53.4 Å². The molecular weight excluding hydrogens is 346 g/mol. The van der Waals surface area contributed by atoms with Gasteiger partial charge in [0.1, 0.15) is 5.75 Å². The molecule has 0 fully saturated rings. The summed E-state index contributed by atoms with van der Waals surface area (Å²) >= 11 is 0. The summed E-state index contributed by atoms with van der Waals surface area (Å²) in [5.41, 5.74) is 1.66. The Balaban J connectivity index is 2.12. The van der Waals surface area contributed by atoms with Gasteiger partial charge in [0.25, 0.3) is 0 Å². The molecule has 0 N–H and O–H groups in total. The molecule has 2 aromatic rings. The first kappa shape index (κ1) is 18.6. The second kappa shape index (κ2) is 7.92. The zero-order valence-electron chi connectivity index (χ0n) is 13.9. The summed E-state index contributed by atoms with van der Waals surface area (Å²) < 4.78 is 43.0. The maximum atomic E-state index is 12.4. The number of hydrogen-bond donors (Lipinski definition) is 0. The molecule has 0 saturated carbocycles.